The first-order valence-corrected chi connectivity index (χ1v) is 10.4. The zero-order valence-electron chi connectivity index (χ0n) is 16.1. The summed E-state index contributed by atoms with van der Waals surface area (Å²) >= 11 is 3.48. The number of fused-ring (bicyclic) bond motifs is 1. The minimum Gasteiger partial charge on any atom is -0.393 e. The molecule has 0 saturated carbocycles. The number of nitriles is 1. The lowest BCUT2D eigenvalue weighted by Crippen LogP contribution is -2.39. The zero-order valence-corrected chi connectivity index (χ0v) is 17.7. The lowest BCUT2D eigenvalue weighted by atomic mass is 10.1. The van der Waals surface area contributed by atoms with Crippen LogP contribution in [-0.2, 0) is 0 Å². The van der Waals surface area contributed by atoms with Gasteiger partial charge in [-0.3, -0.25) is 14.7 Å². The Hall–Kier alpha value is -2.53. The average Bonchev–Trinajstić information content (AvgIpc) is 3.01. The van der Waals surface area contributed by atoms with Gasteiger partial charge in [0.05, 0.1) is 40.9 Å². The number of ketones is 1. The first-order chi connectivity index (χ1) is 14.0. The van der Waals surface area contributed by atoms with Crippen LogP contribution in [0.1, 0.15) is 34.5 Å². The van der Waals surface area contributed by atoms with E-state index in [1.807, 2.05) is 29.7 Å². The third kappa shape index (κ3) is 3.84. The number of rotatable bonds is 4. The highest BCUT2D eigenvalue weighted by atomic mass is 79.9. The highest BCUT2D eigenvalue weighted by molar-refractivity contribution is 9.10. The average molecular weight is 453 g/mol. The Bertz CT molecular complexity index is 1110. The number of pyridine rings is 1. The largest absolute Gasteiger partial charge is 0.393 e. The summed E-state index contributed by atoms with van der Waals surface area (Å²) in [5, 5.41) is 18.8. The van der Waals surface area contributed by atoms with Gasteiger partial charge in [-0.25, -0.2) is 0 Å². The van der Waals surface area contributed by atoms with E-state index >= 15 is 0 Å². The number of hydrogen-bond donors (Lipinski definition) is 1. The van der Waals surface area contributed by atoms with Gasteiger partial charge in [-0.05, 0) is 66.0 Å². The number of likely N-dealkylation sites (tertiary alicyclic amines) is 1. The molecule has 7 heteroatoms. The van der Waals surface area contributed by atoms with Gasteiger partial charge < -0.3 is 9.67 Å². The molecule has 0 radical (unpaired) electrons. The highest BCUT2D eigenvalue weighted by Crippen LogP contribution is 2.30. The van der Waals surface area contributed by atoms with Crippen LogP contribution >= 0.6 is 15.9 Å². The molecule has 29 heavy (non-hydrogen) atoms. The van der Waals surface area contributed by atoms with Crippen molar-refractivity contribution >= 4 is 32.7 Å². The lowest BCUT2D eigenvalue weighted by Gasteiger charge is -2.28. The number of aromatic nitrogens is 2. The number of hydrogen-bond acceptors (Lipinski definition) is 5. The van der Waals surface area contributed by atoms with Gasteiger partial charge in [0.15, 0.2) is 5.78 Å². The van der Waals surface area contributed by atoms with Crippen molar-refractivity contribution in [2.24, 2.45) is 0 Å². The second-order valence-electron chi connectivity index (χ2n) is 7.41. The van der Waals surface area contributed by atoms with Crippen LogP contribution in [0.25, 0.3) is 16.7 Å². The van der Waals surface area contributed by atoms with E-state index in [2.05, 4.69) is 31.9 Å². The summed E-state index contributed by atoms with van der Waals surface area (Å²) in [6.07, 6.45) is 2.84. The summed E-state index contributed by atoms with van der Waals surface area (Å²) in [4.78, 5) is 19.9. The smallest absolute Gasteiger partial charge is 0.180 e. The summed E-state index contributed by atoms with van der Waals surface area (Å²) in [5.74, 6) is 0.0334. The maximum absolute atomic E-state index is 13.2. The van der Waals surface area contributed by atoms with Gasteiger partial charge in [-0.15, -0.1) is 0 Å². The van der Waals surface area contributed by atoms with Gasteiger partial charge in [0.25, 0.3) is 0 Å². The molecule has 0 amide bonds. The van der Waals surface area contributed by atoms with E-state index in [0.717, 1.165) is 34.5 Å². The molecule has 148 valence electrons. The van der Waals surface area contributed by atoms with E-state index in [-0.39, 0.29) is 11.9 Å². The Kier molecular flexibility index (Phi) is 5.50. The Labute approximate surface area is 177 Å². The van der Waals surface area contributed by atoms with Gasteiger partial charge in [0.1, 0.15) is 0 Å². The Morgan fingerprint density at radius 3 is 2.66 bits per heavy atom. The summed E-state index contributed by atoms with van der Waals surface area (Å²) in [7, 11) is 0. The maximum Gasteiger partial charge on any atom is 0.180 e. The normalized spacial score (nSPS) is 15.5. The molecule has 3 heterocycles. The molecule has 0 bridgehead atoms. The fourth-order valence-electron chi connectivity index (χ4n) is 3.97. The number of benzene rings is 1. The van der Waals surface area contributed by atoms with Crippen molar-refractivity contribution in [1.82, 2.24) is 14.5 Å². The number of aliphatic hydroxyl groups excluding tert-OH is 1. The van der Waals surface area contributed by atoms with Crippen molar-refractivity contribution in [3.05, 3.63) is 57.8 Å². The minimum absolute atomic E-state index is 0.0334. The number of piperidine rings is 1. The van der Waals surface area contributed by atoms with Crippen molar-refractivity contribution in [3.8, 4) is 11.8 Å². The number of carbonyl (C=O) groups excluding carboxylic acids is 1. The third-order valence-corrected chi connectivity index (χ3v) is 5.90. The van der Waals surface area contributed by atoms with Gasteiger partial charge in [0, 0.05) is 35.1 Å². The molecule has 1 saturated heterocycles. The van der Waals surface area contributed by atoms with Gasteiger partial charge in [-0.2, -0.15) is 5.26 Å². The third-order valence-electron chi connectivity index (χ3n) is 5.47. The predicted molar refractivity (Wildman–Crippen MR) is 114 cm³/mol. The molecule has 0 aliphatic carbocycles. The van der Waals surface area contributed by atoms with Crippen molar-refractivity contribution in [3.63, 3.8) is 0 Å². The van der Waals surface area contributed by atoms with Crippen molar-refractivity contribution in [2.45, 2.75) is 25.9 Å². The molecule has 0 spiro atoms. The molecule has 1 aliphatic rings. The monoisotopic (exact) mass is 452 g/mol. The minimum atomic E-state index is -0.264. The highest BCUT2D eigenvalue weighted by Gasteiger charge is 2.25. The zero-order chi connectivity index (χ0) is 20.5. The molecule has 1 aromatic carbocycles. The molecule has 3 aromatic rings. The first kappa shape index (κ1) is 19.8. The Morgan fingerprint density at radius 2 is 2.00 bits per heavy atom. The van der Waals surface area contributed by atoms with Crippen LogP contribution in [0.15, 0.2) is 41.0 Å². The van der Waals surface area contributed by atoms with Crippen LogP contribution < -0.4 is 0 Å². The maximum atomic E-state index is 13.2. The van der Waals surface area contributed by atoms with Crippen molar-refractivity contribution in [2.75, 3.05) is 19.6 Å². The molecule has 0 atom stereocenters. The standard InChI is InChI=1S/C22H21BrN4O2/c1-14-21(20(29)13-26-8-6-18(28)7-9-26)22-19(10-16(23)12-25-22)27(14)17-4-2-15(11-24)3-5-17/h2-5,10,12,18,28H,6-9,13H2,1H3. The van der Waals surface area contributed by atoms with Gasteiger partial charge in [0.2, 0.25) is 0 Å². The van der Waals surface area contributed by atoms with E-state index in [1.54, 1.807) is 18.3 Å². The lowest BCUT2D eigenvalue weighted by molar-refractivity contribution is 0.0711. The molecule has 1 aliphatic heterocycles. The van der Waals surface area contributed by atoms with Crippen LogP contribution in [0.3, 0.4) is 0 Å². The van der Waals surface area contributed by atoms with E-state index < -0.39 is 0 Å². The second kappa shape index (κ2) is 8.07. The summed E-state index contributed by atoms with van der Waals surface area (Å²) in [6.45, 7) is 3.69. The van der Waals surface area contributed by atoms with Crippen LogP contribution in [0.4, 0.5) is 0 Å². The van der Waals surface area contributed by atoms with E-state index in [1.165, 1.54) is 0 Å². The SMILES string of the molecule is Cc1c(C(=O)CN2CCC(O)CC2)c2ncc(Br)cc2n1-c1ccc(C#N)cc1. The van der Waals surface area contributed by atoms with Crippen LogP contribution in [0, 0.1) is 18.3 Å². The molecule has 2 aromatic heterocycles. The predicted octanol–water partition coefficient (Wildman–Crippen LogP) is 3.61. The fraction of sp³-hybridized carbons (Fsp3) is 0.318. The van der Waals surface area contributed by atoms with Crippen molar-refractivity contribution in [1.29, 1.82) is 5.26 Å². The first-order valence-electron chi connectivity index (χ1n) is 9.58. The molecular formula is C22H21BrN4O2. The number of Topliss-reactive ketones (excluding diaryl/α,β-unsaturated/α-hetero) is 1. The van der Waals surface area contributed by atoms with Crippen LogP contribution in [-0.4, -0.2) is 51.1 Å². The fourth-order valence-corrected chi connectivity index (χ4v) is 4.29. The molecule has 1 fully saturated rings. The Morgan fingerprint density at radius 1 is 1.31 bits per heavy atom. The van der Waals surface area contributed by atoms with Crippen molar-refractivity contribution < 1.29 is 9.90 Å². The summed E-state index contributed by atoms with van der Waals surface area (Å²) in [5.41, 5.74) is 4.45. The molecule has 0 unspecified atom stereocenters. The van der Waals surface area contributed by atoms with Crippen LogP contribution in [0.2, 0.25) is 0 Å². The van der Waals surface area contributed by atoms with E-state index in [0.29, 0.717) is 36.0 Å². The molecular weight excluding hydrogens is 432 g/mol. The molecule has 6 nitrogen and oxygen atoms in total. The van der Waals surface area contributed by atoms with Crippen LogP contribution in [0.5, 0.6) is 0 Å². The quantitative estimate of drug-likeness (QED) is 0.611. The van der Waals surface area contributed by atoms with E-state index in [4.69, 9.17) is 5.26 Å². The number of carbonyl (C=O) groups is 1. The topological polar surface area (TPSA) is 82.2 Å². The molecule has 1 N–H and O–H groups in total. The number of halogens is 1. The Balaban J connectivity index is 1.77. The van der Waals surface area contributed by atoms with E-state index in [9.17, 15) is 9.90 Å². The summed E-state index contributed by atoms with van der Waals surface area (Å²) < 4.78 is 2.85. The second-order valence-corrected chi connectivity index (χ2v) is 8.32. The summed E-state index contributed by atoms with van der Waals surface area (Å²) in [6, 6.07) is 11.4. The number of nitrogens with zero attached hydrogens (tertiary/aromatic N) is 4. The van der Waals surface area contributed by atoms with Gasteiger partial charge >= 0.3 is 0 Å². The number of aliphatic hydroxyl groups is 1. The van der Waals surface area contributed by atoms with Gasteiger partial charge in [-0.1, -0.05) is 0 Å². The molecule has 4 rings (SSSR count).